The van der Waals surface area contributed by atoms with Crippen molar-refractivity contribution in [1.29, 1.82) is 0 Å². The van der Waals surface area contributed by atoms with E-state index in [9.17, 15) is 4.79 Å². The number of carbonyl (C=O) groups excluding carboxylic acids is 1. The first-order chi connectivity index (χ1) is 26.3. The van der Waals surface area contributed by atoms with Crippen molar-refractivity contribution in [3.63, 3.8) is 0 Å². The summed E-state index contributed by atoms with van der Waals surface area (Å²) in [5.41, 5.74) is 8.18. The van der Waals surface area contributed by atoms with Crippen molar-refractivity contribution in [2.45, 2.75) is 77.0 Å². The van der Waals surface area contributed by atoms with E-state index in [0.717, 1.165) is 88.9 Å². The fraction of sp³-hybridized carbons (Fsp3) is 0.381. The van der Waals surface area contributed by atoms with Crippen LogP contribution < -0.4 is 10.6 Å². The number of imidazole rings is 2. The molecule has 4 atom stereocenters. The number of hydrogen-bond donors (Lipinski definition) is 4. The first kappa shape index (κ1) is 35.7. The molecule has 0 spiro atoms. The predicted octanol–water partition coefficient (Wildman–Crippen LogP) is 7.25. The van der Waals surface area contributed by atoms with Gasteiger partial charge in [-0.1, -0.05) is 69.0 Å². The van der Waals surface area contributed by atoms with Gasteiger partial charge >= 0.3 is 0 Å². The van der Waals surface area contributed by atoms with Crippen LogP contribution in [0.5, 0.6) is 0 Å². The number of H-pyrrole nitrogens is 2. The summed E-state index contributed by atoms with van der Waals surface area (Å²) in [6, 6.07) is 20.7. The first-order valence-corrected chi connectivity index (χ1v) is 19.0. The number of carbonyl (C=O) groups is 1. The van der Waals surface area contributed by atoms with Crippen LogP contribution in [0, 0.1) is 5.92 Å². The molecule has 12 heteroatoms. The number of amides is 1. The zero-order chi connectivity index (χ0) is 37.2. The maximum atomic E-state index is 13.9. The minimum absolute atomic E-state index is 0.0217. The monoisotopic (exact) mass is 727 g/mol. The molecule has 3 fully saturated rings. The molecule has 3 aromatic heterocycles. The second kappa shape index (κ2) is 15.6. The molecule has 280 valence electrons. The largest absolute Gasteiger partial charge is 0.372 e. The maximum absolute atomic E-state index is 13.9. The third kappa shape index (κ3) is 7.41. The second-order valence-electron chi connectivity index (χ2n) is 14.8. The molecular weight excluding hydrogens is 679 g/mol. The Morgan fingerprint density at radius 1 is 0.796 bits per heavy atom. The molecule has 0 aliphatic carbocycles. The van der Waals surface area contributed by atoms with E-state index in [-0.39, 0.29) is 42.4 Å². The van der Waals surface area contributed by atoms with Crippen LogP contribution in [0.2, 0.25) is 0 Å². The number of nitrogens with one attached hydrogen (secondary N) is 4. The summed E-state index contributed by atoms with van der Waals surface area (Å²) in [6.45, 7) is 12.6. The van der Waals surface area contributed by atoms with Gasteiger partial charge in [-0.05, 0) is 72.9 Å². The van der Waals surface area contributed by atoms with E-state index < -0.39 is 0 Å². The number of likely N-dealkylation sites (tertiary alicyclic amines) is 2. The third-order valence-electron chi connectivity index (χ3n) is 10.9. The highest BCUT2D eigenvalue weighted by atomic mass is 16.9. The average Bonchev–Trinajstić information content (AvgIpc) is 4.02. The molecule has 5 aromatic rings. The molecule has 2 aromatic carbocycles. The third-order valence-corrected chi connectivity index (χ3v) is 10.9. The fourth-order valence-corrected chi connectivity index (χ4v) is 7.80. The van der Waals surface area contributed by atoms with Crippen LogP contribution in [-0.2, 0) is 14.3 Å². The summed E-state index contributed by atoms with van der Waals surface area (Å²) >= 11 is 0. The second-order valence-corrected chi connectivity index (χ2v) is 14.8. The Balaban J connectivity index is 0.905. The first-order valence-electron chi connectivity index (χ1n) is 19.0. The quantitative estimate of drug-likeness (QED) is 0.0990. The van der Waals surface area contributed by atoms with Crippen molar-refractivity contribution in [3.05, 3.63) is 109 Å². The van der Waals surface area contributed by atoms with Crippen LogP contribution in [-0.4, -0.2) is 79.0 Å². The average molecular weight is 728 g/mol. The molecule has 54 heavy (non-hydrogen) atoms. The molecular formula is C42H49N9O3. The summed E-state index contributed by atoms with van der Waals surface area (Å²) in [5.74, 6) is 1.99. The normalized spacial score (nSPS) is 19.9. The molecule has 12 nitrogen and oxygen atoms in total. The number of aromatic nitrogens is 5. The van der Waals surface area contributed by atoms with Gasteiger partial charge in [-0.2, -0.15) is 0 Å². The molecule has 0 radical (unpaired) electrons. The van der Waals surface area contributed by atoms with Crippen molar-refractivity contribution in [1.82, 2.24) is 40.0 Å². The number of hydrogen-bond acceptors (Lipinski definition) is 9. The Kier molecular flexibility index (Phi) is 10.3. The van der Waals surface area contributed by atoms with Crippen LogP contribution in [0.1, 0.15) is 70.2 Å². The van der Waals surface area contributed by atoms with Gasteiger partial charge in [-0.15, -0.1) is 0 Å². The number of nitrogens with zero attached hydrogens (tertiary/aromatic N) is 5. The molecule has 8 rings (SSSR count). The van der Waals surface area contributed by atoms with Crippen molar-refractivity contribution in [2.24, 2.45) is 5.92 Å². The predicted molar refractivity (Wildman–Crippen MR) is 208 cm³/mol. The van der Waals surface area contributed by atoms with Gasteiger partial charge < -0.3 is 34.6 Å². The van der Waals surface area contributed by atoms with Crippen LogP contribution in [0.4, 0.5) is 5.69 Å². The fourth-order valence-electron chi connectivity index (χ4n) is 7.80. The van der Waals surface area contributed by atoms with Gasteiger partial charge in [0.15, 0.2) is 6.79 Å². The Morgan fingerprint density at radius 2 is 1.35 bits per heavy atom. The highest BCUT2D eigenvalue weighted by molar-refractivity contribution is 5.85. The summed E-state index contributed by atoms with van der Waals surface area (Å²) in [6.07, 6.45) is 10.9. The Morgan fingerprint density at radius 3 is 1.87 bits per heavy atom. The minimum atomic E-state index is -0.364. The summed E-state index contributed by atoms with van der Waals surface area (Å²) in [4.78, 5) is 39.1. The number of rotatable bonds is 13. The van der Waals surface area contributed by atoms with Crippen LogP contribution in [0.3, 0.4) is 0 Å². The van der Waals surface area contributed by atoms with Crippen molar-refractivity contribution in [3.8, 4) is 33.6 Å². The van der Waals surface area contributed by atoms with Crippen LogP contribution >= 0.6 is 0 Å². The van der Waals surface area contributed by atoms with E-state index in [2.05, 4.69) is 106 Å². The molecule has 3 saturated heterocycles. The molecule has 0 unspecified atom stereocenters. The highest BCUT2D eigenvalue weighted by Crippen LogP contribution is 2.36. The lowest BCUT2D eigenvalue weighted by Gasteiger charge is -2.35. The van der Waals surface area contributed by atoms with Gasteiger partial charge in [-0.25, -0.2) is 9.97 Å². The maximum Gasteiger partial charge on any atom is 0.245 e. The molecule has 0 bridgehead atoms. The molecule has 3 aliphatic heterocycles. The van der Waals surface area contributed by atoms with E-state index in [1.165, 1.54) is 0 Å². The van der Waals surface area contributed by atoms with Crippen LogP contribution in [0.15, 0.2) is 97.7 Å². The Bertz CT molecular complexity index is 2040. The van der Waals surface area contributed by atoms with E-state index in [1.54, 1.807) is 12.4 Å². The number of benzene rings is 2. The lowest BCUT2D eigenvalue weighted by atomic mass is 10.0. The molecule has 3 aliphatic rings. The van der Waals surface area contributed by atoms with Gasteiger partial charge in [0.2, 0.25) is 12.3 Å². The minimum Gasteiger partial charge on any atom is -0.372 e. The van der Waals surface area contributed by atoms with E-state index in [1.807, 2.05) is 29.4 Å². The van der Waals surface area contributed by atoms with Gasteiger partial charge in [-0.3, -0.25) is 15.1 Å². The summed E-state index contributed by atoms with van der Waals surface area (Å²) in [5, 5.41) is 6.73. The molecule has 1 amide bonds. The van der Waals surface area contributed by atoms with Gasteiger partial charge in [0.05, 0.1) is 41.6 Å². The zero-order valence-corrected chi connectivity index (χ0v) is 31.2. The Hall–Kier alpha value is -5.30. The lowest BCUT2D eigenvalue weighted by Crippen LogP contribution is -2.49. The van der Waals surface area contributed by atoms with Crippen molar-refractivity contribution < 1.29 is 14.3 Å². The molecule has 0 saturated carbocycles. The van der Waals surface area contributed by atoms with Crippen molar-refractivity contribution in [2.75, 3.05) is 25.2 Å². The lowest BCUT2D eigenvalue weighted by molar-refractivity contribution is -0.334. The summed E-state index contributed by atoms with van der Waals surface area (Å²) in [7, 11) is 0. The van der Waals surface area contributed by atoms with E-state index in [4.69, 9.17) is 19.4 Å². The van der Waals surface area contributed by atoms with E-state index >= 15 is 0 Å². The smallest absolute Gasteiger partial charge is 0.245 e. The van der Waals surface area contributed by atoms with Gasteiger partial charge in [0, 0.05) is 37.2 Å². The highest BCUT2D eigenvalue weighted by Gasteiger charge is 2.37. The van der Waals surface area contributed by atoms with Gasteiger partial charge in [0.25, 0.3) is 0 Å². The number of anilines is 1. The zero-order valence-electron chi connectivity index (χ0n) is 31.2. The van der Waals surface area contributed by atoms with Gasteiger partial charge in [0.1, 0.15) is 17.7 Å². The number of pyridine rings is 1. The van der Waals surface area contributed by atoms with Crippen molar-refractivity contribution >= 4 is 11.6 Å². The molecule has 6 heterocycles. The Labute approximate surface area is 316 Å². The number of aromatic amines is 2. The van der Waals surface area contributed by atoms with E-state index in [0.29, 0.717) is 13.3 Å². The number of ether oxygens (including phenoxy) is 2. The SMILES string of the molecule is C=C([C@H](C)NC1OCO1)N1CCC[C@H]1c1ncc(-c2ccc(-c3ccc(-c4cnc([C@@H]5CCCN5C(=O)[C@@H](Nc5cccnc5)C(C)C)[nH]4)cc3)cc2)[nH]1. The topological polar surface area (TPSA) is 136 Å². The standard InChI is InChI=1S/C42H49N9O3/c1-26(2)38(47-33-8-5-19-43-22-33)41(52)51-21-7-10-37(51)40-45-24-35(49-40)32-17-13-30(14-18-32)29-11-15-31(16-12-29)34-23-44-39(48-34)36-9-6-20-50(36)28(4)27(3)46-42-53-25-54-42/h5,8,11-19,22-24,26-27,36-38,42,46-47H,4,6-7,9-10,20-21,25H2,1-3H3,(H,44,48)(H,45,49)/t27-,36-,37-,38-/m0/s1. The van der Waals surface area contributed by atoms with Crippen LogP contribution in [0.25, 0.3) is 33.6 Å². The molecule has 4 N–H and O–H groups in total. The summed E-state index contributed by atoms with van der Waals surface area (Å²) < 4.78 is 10.7.